The number of aliphatic hydroxyl groups is 1. The van der Waals surface area contributed by atoms with E-state index in [1.165, 1.54) is 5.56 Å². The van der Waals surface area contributed by atoms with Crippen molar-refractivity contribution in [3.05, 3.63) is 59.7 Å². The molecular formula is C17H21NO2. The van der Waals surface area contributed by atoms with Crippen molar-refractivity contribution in [2.75, 3.05) is 25.6 Å². The summed E-state index contributed by atoms with van der Waals surface area (Å²) in [6.45, 7) is 2.60. The molecule has 0 aromatic heterocycles. The number of nitrogens with zero attached hydrogens (tertiary/aromatic N) is 1. The van der Waals surface area contributed by atoms with Gasteiger partial charge in [-0.2, -0.15) is 0 Å². The largest absolute Gasteiger partial charge is 0.497 e. The molecule has 0 heterocycles. The molecule has 0 aliphatic rings. The molecule has 2 aromatic carbocycles. The van der Waals surface area contributed by atoms with Crippen molar-refractivity contribution in [3.63, 3.8) is 0 Å². The highest BCUT2D eigenvalue weighted by Gasteiger charge is 2.12. The maximum atomic E-state index is 10.3. The fourth-order valence-corrected chi connectivity index (χ4v) is 2.18. The molecule has 0 spiro atoms. The zero-order valence-electron chi connectivity index (χ0n) is 12.2. The summed E-state index contributed by atoms with van der Waals surface area (Å²) in [6.07, 6.45) is -0.546. The number of likely N-dealkylation sites (N-methyl/N-ethyl adjacent to an activating group) is 1. The van der Waals surface area contributed by atoms with Crippen molar-refractivity contribution in [1.29, 1.82) is 0 Å². The second kappa shape index (κ2) is 6.44. The smallest absolute Gasteiger partial charge is 0.119 e. The van der Waals surface area contributed by atoms with Crippen molar-refractivity contribution in [3.8, 4) is 5.75 Å². The Morgan fingerprint density at radius 2 is 1.90 bits per heavy atom. The average molecular weight is 271 g/mol. The van der Waals surface area contributed by atoms with Gasteiger partial charge in [0.25, 0.3) is 0 Å². The zero-order chi connectivity index (χ0) is 14.5. The molecule has 1 unspecified atom stereocenters. The van der Waals surface area contributed by atoms with E-state index in [4.69, 9.17) is 4.74 Å². The van der Waals surface area contributed by atoms with Crippen molar-refractivity contribution in [1.82, 2.24) is 0 Å². The van der Waals surface area contributed by atoms with Crippen LogP contribution in [-0.2, 0) is 0 Å². The van der Waals surface area contributed by atoms with Crippen molar-refractivity contribution in [2.24, 2.45) is 0 Å². The third-order valence-corrected chi connectivity index (χ3v) is 3.37. The number of ether oxygens (including phenoxy) is 1. The highest BCUT2D eigenvalue weighted by atomic mass is 16.5. The van der Waals surface area contributed by atoms with Crippen LogP contribution in [0.25, 0.3) is 0 Å². The van der Waals surface area contributed by atoms with Crippen LogP contribution in [0.1, 0.15) is 17.2 Å². The van der Waals surface area contributed by atoms with E-state index in [0.29, 0.717) is 6.54 Å². The van der Waals surface area contributed by atoms with Gasteiger partial charge in [0.15, 0.2) is 0 Å². The Hall–Kier alpha value is -2.00. The Bertz CT molecular complexity index is 568. The normalized spacial score (nSPS) is 12.0. The first-order valence-corrected chi connectivity index (χ1v) is 6.70. The van der Waals surface area contributed by atoms with Gasteiger partial charge in [-0.25, -0.2) is 0 Å². The number of anilines is 1. The predicted octanol–water partition coefficient (Wildman–Crippen LogP) is 3.17. The standard InChI is InChI=1S/C17H21NO2/c1-13-6-4-8-15(10-13)18(2)12-17(19)14-7-5-9-16(11-14)20-3/h4-11,17,19H,12H2,1-3H3. The maximum Gasteiger partial charge on any atom is 0.119 e. The Morgan fingerprint density at radius 3 is 2.60 bits per heavy atom. The number of hydrogen-bond acceptors (Lipinski definition) is 3. The molecule has 1 atom stereocenters. The molecule has 0 amide bonds. The summed E-state index contributed by atoms with van der Waals surface area (Å²) in [6, 6.07) is 15.8. The van der Waals surface area contributed by atoms with Gasteiger partial charge in [-0.3, -0.25) is 0 Å². The molecule has 2 rings (SSSR count). The summed E-state index contributed by atoms with van der Waals surface area (Å²) in [5.41, 5.74) is 3.18. The third-order valence-electron chi connectivity index (χ3n) is 3.37. The second-order valence-corrected chi connectivity index (χ2v) is 5.01. The van der Waals surface area contributed by atoms with Crippen LogP contribution in [0.15, 0.2) is 48.5 Å². The molecule has 2 aromatic rings. The van der Waals surface area contributed by atoms with Gasteiger partial charge in [-0.15, -0.1) is 0 Å². The summed E-state index contributed by atoms with van der Waals surface area (Å²) >= 11 is 0. The van der Waals surface area contributed by atoms with Crippen molar-refractivity contribution < 1.29 is 9.84 Å². The number of aliphatic hydroxyl groups excluding tert-OH is 1. The van der Waals surface area contributed by atoms with Gasteiger partial charge in [-0.05, 0) is 42.3 Å². The lowest BCUT2D eigenvalue weighted by Crippen LogP contribution is -2.24. The lowest BCUT2D eigenvalue weighted by molar-refractivity contribution is 0.184. The molecule has 0 aliphatic heterocycles. The van der Waals surface area contributed by atoms with Crippen molar-refractivity contribution in [2.45, 2.75) is 13.0 Å². The summed E-state index contributed by atoms with van der Waals surface area (Å²) in [4.78, 5) is 2.05. The third kappa shape index (κ3) is 3.52. The van der Waals surface area contributed by atoms with Gasteiger partial charge in [0.2, 0.25) is 0 Å². The van der Waals surface area contributed by atoms with E-state index >= 15 is 0 Å². The minimum absolute atomic E-state index is 0.538. The van der Waals surface area contributed by atoms with E-state index in [1.54, 1.807) is 7.11 Å². The first-order chi connectivity index (χ1) is 9.60. The number of aryl methyl sites for hydroxylation is 1. The summed E-state index contributed by atoms with van der Waals surface area (Å²) < 4.78 is 5.19. The molecule has 20 heavy (non-hydrogen) atoms. The highest BCUT2D eigenvalue weighted by Crippen LogP contribution is 2.22. The first-order valence-electron chi connectivity index (χ1n) is 6.70. The molecular weight excluding hydrogens is 250 g/mol. The summed E-state index contributed by atoms with van der Waals surface area (Å²) in [5.74, 6) is 0.764. The van der Waals surface area contributed by atoms with Gasteiger partial charge in [-0.1, -0.05) is 24.3 Å². The van der Waals surface area contributed by atoms with Gasteiger partial charge >= 0.3 is 0 Å². The van der Waals surface area contributed by atoms with Crippen LogP contribution in [-0.4, -0.2) is 25.8 Å². The quantitative estimate of drug-likeness (QED) is 0.906. The van der Waals surface area contributed by atoms with Gasteiger partial charge in [0, 0.05) is 19.3 Å². The minimum atomic E-state index is -0.546. The van der Waals surface area contributed by atoms with Gasteiger partial charge in [0.1, 0.15) is 5.75 Å². The number of rotatable bonds is 5. The average Bonchev–Trinajstić information content (AvgIpc) is 2.47. The molecule has 106 valence electrons. The van der Waals surface area contributed by atoms with Crippen LogP contribution < -0.4 is 9.64 Å². The highest BCUT2D eigenvalue weighted by molar-refractivity contribution is 5.48. The zero-order valence-corrected chi connectivity index (χ0v) is 12.2. The molecule has 0 saturated carbocycles. The summed E-state index contributed by atoms with van der Waals surface area (Å²) in [5, 5.41) is 10.3. The fraction of sp³-hybridized carbons (Fsp3) is 0.294. The van der Waals surface area contributed by atoms with E-state index in [2.05, 4.69) is 24.0 Å². The van der Waals surface area contributed by atoms with E-state index in [-0.39, 0.29) is 0 Å². The fourth-order valence-electron chi connectivity index (χ4n) is 2.18. The Kier molecular flexibility index (Phi) is 4.64. The van der Waals surface area contributed by atoms with E-state index < -0.39 is 6.10 Å². The van der Waals surface area contributed by atoms with Crippen molar-refractivity contribution >= 4 is 5.69 Å². The molecule has 3 nitrogen and oxygen atoms in total. The topological polar surface area (TPSA) is 32.7 Å². The lowest BCUT2D eigenvalue weighted by Gasteiger charge is -2.23. The van der Waals surface area contributed by atoms with Gasteiger partial charge < -0.3 is 14.7 Å². The predicted molar refractivity (Wildman–Crippen MR) is 82.4 cm³/mol. The van der Waals surface area contributed by atoms with Crippen LogP contribution >= 0.6 is 0 Å². The van der Waals surface area contributed by atoms with E-state index in [9.17, 15) is 5.11 Å². The Labute approximate surface area is 120 Å². The molecule has 1 N–H and O–H groups in total. The first kappa shape index (κ1) is 14.4. The maximum absolute atomic E-state index is 10.3. The molecule has 0 bridgehead atoms. The second-order valence-electron chi connectivity index (χ2n) is 5.01. The molecule has 0 fully saturated rings. The lowest BCUT2D eigenvalue weighted by atomic mass is 10.1. The Morgan fingerprint density at radius 1 is 1.15 bits per heavy atom. The molecule has 3 heteroatoms. The van der Waals surface area contributed by atoms with Crippen LogP contribution in [0.3, 0.4) is 0 Å². The van der Waals surface area contributed by atoms with E-state index in [0.717, 1.165) is 17.0 Å². The molecule has 0 aliphatic carbocycles. The van der Waals surface area contributed by atoms with Crippen LogP contribution in [0.4, 0.5) is 5.69 Å². The Balaban J connectivity index is 2.08. The molecule has 0 saturated heterocycles. The number of hydrogen-bond donors (Lipinski definition) is 1. The minimum Gasteiger partial charge on any atom is -0.497 e. The number of benzene rings is 2. The van der Waals surface area contributed by atoms with Crippen LogP contribution in [0, 0.1) is 6.92 Å². The summed E-state index contributed by atoms with van der Waals surface area (Å²) in [7, 11) is 3.61. The van der Waals surface area contributed by atoms with Crippen LogP contribution in [0.2, 0.25) is 0 Å². The molecule has 0 radical (unpaired) electrons. The van der Waals surface area contributed by atoms with Gasteiger partial charge in [0.05, 0.1) is 13.2 Å². The monoisotopic (exact) mass is 271 g/mol. The SMILES string of the molecule is COc1cccc(C(O)CN(C)c2cccc(C)c2)c1. The number of methoxy groups -OCH3 is 1. The van der Waals surface area contributed by atoms with Crippen LogP contribution in [0.5, 0.6) is 5.75 Å². The van der Waals surface area contributed by atoms with E-state index in [1.807, 2.05) is 43.4 Å².